The first kappa shape index (κ1) is 20.9. The lowest BCUT2D eigenvalue weighted by Gasteiger charge is -2.26. The molecule has 0 N–H and O–H groups in total. The quantitative estimate of drug-likeness (QED) is 0.582. The molecule has 1 aromatic rings. The monoisotopic (exact) mass is 381 g/mol. The molecule has 1 aliphatic rings. The number of likely N-dealkylation sites (tertiary alicyclic amines) is 1. The first-order valence-corrected chi connectivity index (χ1v) is 8.86. The molecule has 1 atom stereocenters. The zero-order chi connectivity index (χ0) is 20.2. The van der Waals surface area contributed by atoms with Gasteiger partial charge in [-0.1, -0.05) is 12.1 Å². The van der Waals surface area contributed by atoms with E-state index in [1.54, 1.807) is 27.7 Å². The maximum absolute atomic E-state index is 15.8. The summed E-state index contributed by atoms with van der Waals surface area (Å²) in [4.78, 5) is 25.5. The van der Waals surface area contributed by atoms with Crippen LogP contribution in [0.2, 0.25) is 0 Å². The highest BCUT2D eigenvalue weighted by Gasteiger charge is 2.45. The van der Waals surface area contributed by atoms with Crippen LogP contribution in [0.4, 0.5) is 13.6 Å². The summed E-state index contributed by atoms with van der Waals surface area (Å²) in [5.74, 6) is -1.16. The number of esters is 1. The van der Waals surface area contributed by atoms with Crippen LogP contribution >= 0.6 is 0 Å². The van der Waals surface area contributed by atoms with Gasteiger partial charge in [0.1, 0.15) is 11.4 Å². The predicted molar refractivity (Wildman–Crippen MR) is 97.3 cm³/mol. The molecule has 0 spiro atoms. The Labute approximate surface area is 157 Å². The van der Waals surface area contributed by atoms with Crippen molar-refractivity contribution in [2.75, 3.05) is 19.7 Å². The van der Waals surface area contributed by atoms with Gasteiger partial charge >= 0.3 is 12.1 Å². The van der Waals surface area contributed by atoms with E-state index in [1.807, 2.05) is 0 Å². The van der Waals surface area contributed by atoms with E-state index in [-0.39, 0.29) is 31.7 Å². The van der Waals surface area contributed by atoms with Crippen molar-refractivity contribution in [1.29, 1.82) is 0 Å². The van der Waals surface area contributed by atoms with E-state index >= 15 is 4.39 Å². The van der Waals surface area contributed by atoms with E-state index in [2.05, 4.69) is 0 Å². The van der Waals surface area contributed by atoms with Crippen LogP contribution in [-0.2, 0) is 14.3 Å². The summed E-state index contributed by atoms with van der Waals surface area (Å²) in [6, 6.07) is 5.19. The second-order valence-electron chi connectivity index (χ2n) is 7.43. The molecule has 7 heteroatoms. The van der Waals surface area contributed by atoms with Crippen LogP contribution in [0.25, 0.3) is 5.57 Å². The normalized spacial score (nSPS) is 20.5. The van der Waals surface area contributed by atoms with Gasteiger partial charge in [-0.2, -0.15) is 0 Å². The van der Waals surface area contributed by atoms with Crippen LogP contribution in [0, 0.1) is 5.82 Å². The highest BCUT2D eigenvalue weighted by molar-refractivity contribution is 5.93. The smallest absolute Gasteiger partial charge is 0.410 e. The molecule has 1 heterocycles. The lowest BCUT2D eigenvalue weighted by Crippen LogP contribution is -2.38. The van der Waals surface area contributed by atoms with Gasteiger partial charge in [-0.3, -0.25) is 0 Å². The molecule has 0 aromatic heterocycles. The Morgan fingerprint density at radius 1 is 1.26 bits per heavy atom. The summed E-state index contributed by atoms with van der Waals surface area (Å²) in [7, 11) is 0. The van der Waals surface area contributed by atoms with Gasteiger partial charge < -0.3 is 14.4 Å². The molecule has 1 unspecified atom stereocenters. The lowest BCUT2D eigenvalue weighted by atomic mass is 9.88. The summed E-state index contributed by atoms with van der Waals surface area (Å²) in [6.45, 7) is 6.87. The molecule has 1 amide bonds. The van der Waals surface area contributed by atoms with Gasteiger partial charge in [0.15, 0.2) is 5.67 Å². The van der Waals surface area contributed by atoms with Gasteiger partial charge in [-0.05, 0) is 45.4 Å². The van der Waals surface area contributed by atoms with Gasteiger partial charge in [0.25, 0.3) is 0 Å². The first-order chi connectivity index (χ1) is 12.5. The highest BCUT2D eigenvalue weighted by Crippen LogP contribution is 2.39. The Morgan fingerprint density at radius 2 is 1.89 bits per heavy atom. The minimum absolute atomic E-state index is 0.00510. The SMILES string of the molecule is CCOC(=O)C=C(c1ccc(F)cc1)C1(F)CCN(C(=O)OC(C)(C)C)C1. The van der Waals surface area contributed by atoms with Gasteiger partial charge in [-0.15, -0.1) is 0 Å². The van der Waals surface area contributed by atoms with Crippen molar-refractivity contribution in [3.63, 3.8) is 0 Å². The van der Waals surface area contributed by atoms with Crippen LogP contribution in [0.1, 0.15) is 39.7 Å². The second-order valence-corrected chi connectivity index (χ2v) is 7.43. The minimum atomic E-state index is -1.97. The van der Waals surface area contributed by atoms with E-state index in [9.17, 15) is 14.0 Å². The van der Waals surface area contributed by atoms with Crippen molar-refractivity contribution in [3.8, 4) is 0 Å². The zero-order valence-corrected chi connectivity index (χ0v) is 16.1. The number of alkyl halides is 1. The minimum Gasteiger partial charge on any atom is -0.463 e. The Morgan fingerprint density at radius 3 is 2.44 bits per heavy atom. The van der Waals surface area contributed by atoms with E-state index in [0.717, 1.165) is 6.08 Å². The summed E-state index contributed by atoms with van der Waals surface area (Å²) >= 11 is 0. The fraction of sp³-hybridized carbons (Fsp3) is 0.500. The molecule has 0 aliphatic carbocycles. The molecule has 0 radical (unpaired) electrons. The number of ether oxygens (including phenoxy) is 2. The fourth-order valence-corrected chi connectivity index (χ4v) is 2.88. The average molecular weight is 381 g/mol. The van der Waals surface area contributed by atoms with Crippen molar-refractivity contribution in [2.24, 2.45) is 0 Å². The number of rotatable bonds is 4. The Kier molecular flexibility index (Phi) is 6.23. The molecule has 1 aromatic carbocycles. The van der Waals surface area contributed by atoms with Crippen molar-refractivity contribution in [1.82, 2.24) is 4.90 Å². The molecule has 1 fully saturated rings. The Hall–Kier alpha value is -2.44. The third-order valence-electron chi connectivity index (χ3n) is 4.06. The second kappa shape index (κ2) is 8.06. The van der Waals surface area contributed by atoms with Crippen LogP contribution in [-0.4, -0.2) is 47.9 Å². The Balaban J connectivity index is 2.31. The number of hydrogen-bond donors (Lipinski definition) is 0. The van der Waals surface area contributed by atoms with Crippen LogP contribution in [0.5, 0.6) is 0 Å². The van der Waals surface area contributed by atoms with E-state index in [0.29, 0.717) is 5.56 Å². The molecule has 27 heavy (non-hydrogen) atoms. The predicted octanol–water partition coefficient (Wildman–Crippen LogP) is 4.12. The molecule has 1 aliphatic heterocycles. The largest absolute Gasteiger partial charge is 0.463 e. The van der Waals surface area contributed by atoms with Gasteiger partial charge in [0, 0.05) is 24.6 Å². The van der Waals surface area contributed by atoms with Crippen LogP contribution in [0.3, 0.4) is 0 Å². The number of amides is 1. The first-order valence-electron chi connectivity index (χ1n) is 8.86. The fourth-order valence-electron chi connectivity index (χ4n) is 2.88. The summed E-state index contributed by atoms with van der Waals surface area (Å²) < 4.78 is 39.2. The molecule has 1 saturated heterocycles. The lowest BCUT2D eigenvalue weighted by molar-refractivity contribution is -0.137. The average Bonchev–Trinajstić information content (AvgIpc) is 2.96. The number of nitrogens with zero attached hydrogens (tertiary/aromatic N) is 1. The van der Waals surface area contributed by atoms with Crippen molar-refractivity contribution in [3.05, 3.63) is 41.7 Å². The van der Waals surface area contributed by atoms with E-state index in [4.69, 9.17) is 9.47 Å². The number of carbonyl (C=O) groups is 2. The summed E-state index contributed by atoms with van der Waals surface area (Å²) in [6.07, 6.45) is 0.459. The summed E-state index contributed by atoms with van der Waals surface area (Å²) in [5.41, 5.74) is -2.24. The molecule has 0 saturated carbocycles. The zero-order valence-electron chi connectivity index (χ0n) is 16.1. The maximum Gasteiger partial charge on any atom is 0.410 e. The third kappa shape index (κ3) is 5.52. The molecule has 0 bridgehead atoms. The van der Waals surface area contributed by atoms with E-state index in [1.165, 1.54) is 29.2 Å². The Bertz CT molecular complexity index is 724. The van der Waals surface area contributed by atoms with Gasteiger partial charge in [0.05, 0.1) is 13.2 Å². The molecule has 148 valence electrons. The highest BCUT2D eigenvalue weighted by atomic mass is 19.1. The topological polar surface area (TPSA) is 55.8 Å². The standard InChI is InChI=1S/C20H25F2NO4/c1-5-26-17(24)12-16(14-6-8-15(21)9-7-14)20(22)10-11-23(13-20)18(25)27-19(2,3)4/h6-9,12H,5,10-11,13H2,1-4H3. The third-order valence-corrected chi connectivity index (χ3v) is 4.06. The molecular weight excluding hydrogens is 356 g/mol. The number of hydrogen-bond acceptors (Lipinski definition) is 4. The maximum atomic E-state index is 15.8. The van der Waals surface area contributed by atoms with Crippen molar-refractivity contribution in [2.45, 2.75) is 45.4 Å². The number of benzene rings is 1. The summed E-state index contributed by atoms with van der Waals surface area (Å²) in [5, 5.41) is 0. The number of carbonyl (C=O) groups excluding carboxylic acids is 2. The van der Waals surface area contributed by atoms with Crippen molar-refractivity contribution < 1.29 is 27.8 Å². The van der Waals surface area contributed by atoms with Gasteiger partial charge in [0.2, 0.25) is 0 Å². The van der Waals surface area contributed by atoms with Crippen molar-refractivity contribution >= 4 is 17.6 Å². The van der Waals surface area contributed by atoms with Crippen LogP contribution < -0.4 is 0 Å². The van der Waals surface area contributed by atoms with Crippen LogP contribution in [0.15, 0.2) is 30.3 Å². The molecule has 2 rings (SSSR count). The van der Waals surface area contributed by atoms with Gasteiger partial charge in [-0.25, -0.2) is 18.4 Å². The molecular formula is C20H25F2NO4. The number of halogens is 2. The molecule has 5 nitrogen and oxygen atoms in total. The van der Waals surface area contributed by atoms with E-state index < -0.39 is 29.1 Å².